The number of hydrogen-bond donors (Lipinski definition) is 1. The van der Waals surface area contributed by atoms with E-state index in [2.05, 4.69) is 10.3 Å². The first kappa shape index (κ1) is 20.0. The van der Waals surface area contributed by atoms with E-state index in [-0.39, 0.29) is 11.6 Å². The molecule has 1 heterocycles. The summed E-state index contributed by atoms with van der Waals surface area (Å²) in [5.41, 5.74) is 0.708. The van der Waals surface area contributed by atoms with Gasteiger partial charge in [0, 0.05) is 38.2 Å². The second-order valence-corrected chi connectivity index (χ2v) is 10.5. The molecular formula is C17H26FN3O2S2. The summed E-state index contributed by atoms with van der Waals surface area (Å²) in [6, 6.07) is 6.80. The Morgan fingerprint density at radius 3 is 2.76 bits per heavy atom. The molecule has 2 rings (SSSR count). The highest BCUT2D eigenvalue weighted by Crippen LogP contribution is 2.23. The molecule has 0 amide bonds. The van der Waals surface area contributed by atoms with Crippen molar-refractivity contribution in [2.24, 2.45) is 4.99 Å². The van der Waals surface area contributed by atoms with Crippen LogP contribution in [0.5, 0.6) is 0 Å². The number of nitrogens with one attached hydrogen (secondary N) is 1. The molecular weight excluding hydrogens is 361 g/mol. The van der Waals surface area contributed by atoms with E-state index >= 15 is 0 Å². The lowest BCUT2D eigenvalue weighted by Gasteiger charge is -2.39. The van der Waals surface area contributed by atoms with E-state index in [4.69, 9.17) is 0 Å². The number of rotatable bonds is 5. The van der Waals surface area contributed by atoms with Crippen LogP contribution in [0.15, 0.2) is 29.3 Å². The van der Waals surface area contributed by atoms with Gasteiger partial charge in [-0.3, -0.25) is 4.99 Å². The Morgan fingerprint density at radius 1 is 1.40 bits per heavy atom. The zero-order chi connectivity index (χ0) is 18.5. The van der Waals surface area contributed by atoms with E-state index in [1.807, 2.05) is 11.0 Å². The number of aliphatic imine (C=N–C) groups is 1. The van der Waals surface area contributed by atoms with Crippen molar-refractivity contribution in [3.05, 3.63) is 35.6 Å². The molecule has 0 unspecified atom stereocenters. The maximum Gasteiger partial charge on any atom is 0.193 e. The van der Waals surface area contributed by atoms with Crippen molar-refractivity contribution in [3.63, 3.8) is 0 Å². The summed E-state index contributed by atoms with van der Waals surface area (Å²) in [5, 5.41) is 3.27. The Hall–Kier alpha value is -1.28. The van der Waals surface area contributed by atoms with Crippen LogP contribution in [-0.2, 0) is 15.6 Å². The molecule has 1 fully saturated rings. The molecule has 0 saturated carbocycles. The third-order valence-electron chi connectivity index (χ3n) is 4.30. The maximum absolute atomic E-state index is 13.6. The molecule has 140 valence electrons. The van der Waals surface area contributed by atoms with Crippen molar-refractivity contribution in [2.45, 2.75) is 24.3 Å². The second kappa shape index (κ2) is 8.40. The molecule has 1 aliphatic heterocycles. The SMILES string of the molecule is CN=C(NCCSCc1ccccc1F)N1CCS(=O)(=O)C(C)(C)C1. The van der Waals surface area contributed by atoms with Gasteiger partial charge in [0.25, 0.3) is 0 Å². The Morgan fingerprint density at radius 2 is 2.12 bits per heavy atom. The minimum Gasteiger partial charge on any atom is -0.355 e. The zero-order valence-electron chi connectivity index (χ0n) is 15.0. The number of guanidine groups is 1. The number of hydrogen-bond acceptors (Lipinski definition) is 4. The molecule has 25 heavy (non-hydrogen) atoms. The van der Waals surface area contributed by atoms with Gasteiger partial charge in [-0.2, -0.15) is 11.8 Å². The topological polar surface area (TPSA) is 61.8 Å². The van der Waals surface area contributed by atoms with Crippen LogP contribution in [-0.4, -0.2) is 62.2 Å². The van der Waals surface area contributed by atoms with Gasteiger partial charge < -0.3 is 10.2 Å². The number of benzene rings is 1. The maximum atomic E-state index is 13.6. The third-order valence-corrected chi connectivity index (χ3v) is 7.84. The molecule has 0 aliphatic carbocycles. The molecule has 1 N–H and O–H groups in total. The molecule has 8 heteroatoms. The van der Waals surface area contributed by atoms with Gasteiger partial charge in [-0.1, -0.05) is 18.2 Å². The predicted octanol–water partition coefficient (Wildman–Crippen LogP) is 2.14. The average molecular weight is 388 g/mol. The molecule has 1 aromatic carbocycles. The minimum atomic E-state index is -3.06. The van der Waals surface area contributed by atoms with Gasteiger partial charge in [0.2, 0.25) is 0 Å². The van der Waals surface area contributed by atoms with Crippen LogP contribution >= 0.6 is 11.8 Å². The Bertz CT molecular complexity index is 720. The van der Waals surface area contributed by atoms with E-state index in [0.717, 1.165) is 11.7 Å². The van der Waals surface area contributed by atoms with E-state index in [9.17, 15) is 12.8 Å². The summed E-state index contributed by atoms with van der Waals surface area (Å²) in [7, 11) is -1.36. The summed E-state index contributed by atoms with van der Waals surface area (Å²) in [6.45, 7) is 5.08. The van der Waals surface area contributed by atoms with Crippen LogP contribution in [0.1, 0.15) is 19.4 Å². The lowest BCUT2D eigenvalue weighted by Crippen LogP contribution is -2.57. The lowest BCUT2D eigenvalue weighted by molar-refractivity contribution is 0.354. The molecule has 0 atom stereocenters. The third kappa shape index (κ3) is 5.10. The first-order valence-corrected chi connectivity index (χ1v) is 11.1. The highest BCUT2D eigenvalue weighted by Gasteiger charge is 2.40. The van der Waals surface area contributed by atoms with Crippen LogP contribution in [0.25, 0.3) is 0 Å². The van der Waals surface area contributed by atoms with Gasteiger partial charge in [0.15, 0.2) is 15.8 Å². The van der Waals surface area contributed by atoms with Gasteiger partial charge in [0.05, 0.1) is 10.5 Å². The van der Waals surface area contributed by atoms with E-state index in [1.54, 1.807) is 44.8 Å². The summed E-state index contributed by atoms with van der Waals surface area (Å²) < 4.78 is 37.0. The second-order valence-electron chi connectivity index (χ2n) is 6.62. The fraction of sp³-hybridized carbons (Fsp3) is 0.588. The number of sulfone groups is 1. The van der Waals surface area contributed by atoms with Crippen molar-refractivity contribution in [1.82, 2.24) is 10.2 Å². The normalized spacial score (nSPS) is 19.7. The van der Waals surface area contributed by atoms with Gasteiger partial charge in [-0.25, -0.2) is 12.8 Å². The lowest BCUT2D eigenvalue weighted by atomic mass is 10.2. The fourth-order valence-corrected chi connectivity index (χ4v) is 4.90. The summed E-state index contributed by atoms with van der Waals surface area (Å²) in [4.78, 5) is 6.25. The summed E-state index contributed by atoms with van der Waals surface area (Å²) in [5.74, 6) is 2.12. The van der Waals surface area contributed by atoms with Crippen molar-refractivity contribution >= 4 is 27.6 Å². The number of halogens is 1. The van der Waals surface area contributed by atoms with Crippen LogP contribution in [0.2, 0.25) is 0 Å². The molecule has 0 spiro atoms. The Labute approximate surface area is 154 Å². The van der Waals surface area contributed by atoms with Gasteiger partial charge in [0.1, 0.15) is 5.82 Å². The van der Waals surface area contributed by atoms with Crippen LogP contribution in [0.4, 0.5) is 4.39 Å². The average Bonchev–Trinajstić information content (AvgIpc) is 2.55. The molecule has 0 bridgehead atoms. The summed E-state index contributed by atoms with van der Waals surface area (Å²) >= 11 is 1.65. The fourth-order valence-electron chi connectivity index (χ4n) is 2.69. The van der Waals surface area contributed by atoms with E-state index in [1.165, 1.54) is 6.07 Å². The largest absolute Gasteiger partial charge is 0.355 e. The Kier molecular flexibility index (Phi) is 6.73. The highest BCUT2D eigenvalue weighted by molar-refractivity contribution is 7.98. The molecule has 0 aromatic heterocycles. The summed E-state index contributed by atoms with van der Waals surface area (Å²) in [6.07, 6.45) is 0. The van der Waals surface area contributed by atoms with Crippen LogP contribution in [0, 0.1) is 5.82 Å². The molecule has 0 radical (unpaired) electrons. The number of thioether (sulfide) groups is 1. The molecule has 1 aromatic rings. The number of nitrogens with zero attached hydrogens (tertiary/aromatic N) is 2. The standard InChI is InChI=1S/C17H26FN3O2S2/c1-17(2)13-21(9-11-25(17,22)23)16(19-3)20-8-10-24-12-14-6-4-5-7-15(14)18/h4-7H,8-13H2,1-3H3,(H,19,20). The predicted molar refractivity (Wildman–Crippen MR) is 103 cm³/mol. The van der Waals surface area contributed by atoms with Crippen LogP contribution in [0.3, 0.4) is 0 Å². The smallest absolute Gasteiger partial charge is 0.193 e. The first-order valence-electron chi connectivity index (χ1n) is 8.26. The molecule has 1 saturated heterocycles. The van der Waals surface area contributed by atoms with Crippen molar-refractivity contribution in [3.8, 4) is 0 Å². The first-order chi connectivity index (χ1) is 11.8. The molecule has 1 aliphatic rings. The van der Waals surface area contributed by atoms with Crippen molar-refractivity contribution < 1.29 is 12.8 Å². The van der Waals surface area contributed by atoms with Gasteiger partial charge in [-0.05, 0) is 25.5 Å². The molecule has 5 nitrogen and oxygen atoms in total. The van der Waals surface area contributed by atoms with E-state index in [0.29, 0.717) is 31.0 Å². The van der Waals surface area contributed by atoms with Crippen molar-refractivity contribution in [1.29, 1.82) is 0 Å². The highest BCUT2D eigenvalue weighted by atomic mass is 32.2. The monoisotopic (exact) mass is 387 g/mol. The van der Waals surface area contributed by atoms with Gasteiger partial charge >= 0.3 is 0 Å². The van der Waals surface area contributed by atoms with Crippen molar-refractivity contribution in [2.75, 3.05) is 38.2 Å². The van der Waals surface area contributed by atoms with Crippen LogP contribution < -0.4 is 5.32 Å². The zero-order valence-corrected chi connectivity index (χ0v) is 16.6. The quantitative estimate of drug-likeness (QED) is 0.477. The Balaban J connectivity index is 1.79. The van der Waals surface area contributed by atoms with E-state index < -0.39 is 14.6 Å². The minimum absolute atomic E-state index is 0.142. The van der Waals surface area contributed by atoms with Gasteiger partial charge in [-0.15, -0.1) is 0 Å².